The number of benzene rings is 1. The van der Waals surface area contributed by atoms with Crippen molar-refractivity contribution in [2.75, 3.05) is 6.61 Å². The van der Waals surface area contributed by atoms with E-state index in [1.54, 1.807) is 0 Å². The third-order valence-electron chi connectivity index (χ3n) is 3.47. The predicted octanol–water partition coefficient (Wildman–Crippen LogP) is 2.14. The lowest BCUT2D eigenvalue weighted by molar-refractivity contribution is -0.123. The lowest BCUT2D eigenvalue weighted by atomic mass is 10.1. The summed E-state index contributed by atoms with van der Waals surface area (Å²) in [5, 5.41) is 3.00. The maximum absolute atomic E-state index is 11.7. The molecule has 4 nitrogen and oxygen atoms in total. The Morgan fingerprint density at radius 2 is 2.21 bits per heavy atom. The molecule has 1 fully saturated rings. The van der Waals surface area contributed by atoms with Gasteiger partial charge in [-0.25, -0.2) is 0 Å². The Morgan fingerprint density at radius 3 is 2.89 bits per heavy atom. The molecule has 1 atom stereocenters. The Balaban J connectivity index is 1.80. The number of nitrogens with one attached hydrogen (secondary N) is 1. The highest BCUT2D eigenvalue weighted by molar-refractivity contribution is 5.77. The Morgan fingerprint density at radius 1 is 1.47 bits per heavy atom. The van der Waals surface area contributed by atoms with Crippen molar-refractivity contribution >= 4 is 5.91 Å². The zero-order valence-corrected chi connectivity index (χ0v) is 11.4. The zero-order valence-electron chi connectivity index (χ0n) is 11.4. The van der Waals surface area contributed by atoms with E-state index in [4.69, 9.17) is 10.5 Å². The van der Waals surface area contributed by atoms with Gasteiger partial charge in [-0.05, 0) is 37.5 Å². The van der Waals surface area contributed by atoms with E-state index in [9.17, 15) is 4.79 Å². The van der Waals surface area contributed by atoms with E-state index < -0.39 is 0 Å². The highest BCUT2D eigenvalue weighted by Crippen LogP contribution is 2.18. The van der Waals surface area contributed by atoms with E-state index in [0.29, 0.717) is 11.8 Å². The van der Waals surface area contributed by atoms with Crippen molar-refractivity contribution in [2.24, 2.45) is 5.73 Å². The van der Waals surface area contributed by atoms with Crippen LogP contribution >= 0.6 is 0 Å². The number of carbonyl (C=O) groups excluding carboxylic acids is 1. The van der Waals surface area contributed by atoms with Gasteiger partial charge < -0.3 is 15.8 Å². The minimum absolute atomic E-state index is 0.0316. The largest absolute Gasteiger partial charge is 0.484 e. The van der Waals surface area contributed by atoms with Crippen molar-refractivity contribution in [3.63, 3.8) is 0 Å². The Kier molecular flexibility index (Phi) is 4.80. The molecular formula is C15H22N2O2. The molecule has 0 saturated heterocycles. The molecule has 0 unspecified atom stereocenters. The molecule has 0 radical (unpaired) electrons. The van der Waals surface area contributed by atoms with Gasteiger partial charge in [0.15, 0.2) is 6.61 Å². The average Bonchev–Trinajstić information content (AvgIpc) is 2.89. The van der Waals surface area contributed by atoms with Gasteiger partial charge in [-0.15, -0.1) is 0 Å². The average molecular weight is 262 g/mol. The molecule has 3 N–H and O–H groups in total. The standard InChI is InChI=1S/C15H22N2O2/c1-11(16)12-5-4-8-14(9-12)19-10-15(18)17-13-6-2-3-7-13/h4-5,8-9,11,13H,2-3,6-7,10,16H2,1H3,(H,17,18)/t11-/m1/s1. The monoisotopic (exact) mass is 262 g/mol. The second-order valence-corrected chi connectivity index (χ2v) is 5.20. The van der Waals surface area contributed by atoms with E-state index in [1.807, 2.05) is 31.2 Å². The third-order valence-corrected chi connectivity index (χ3v) is 3.47. The summed E-state index contributed by atoms with van der Waals surface area (Å²) in [6.45, 7) is 1.99. The Bertz CT molecular complexity index is 426. The topological polar surface area (TPSA) is 64.3 Å². The summed E-state index contributed by atoms with van der Waals surface area (Å²) in [5.41, 5.74) is 6.82. The summed E-state index contributed by atoms with van der Waals surface area (Å²) in [7, 11) is 0. The van der Waals surface area contributed by atoms with Gasteiger partial charge in [0.2, 0.25) is 0 Å². The molecule has 1 aliphatic rings. The van der Waals surface area contributed by atoms with E-state index in [0.717, 1.165) is 18.4 Å². The molecule has 0 aromatic heterocycles. The first kappa shape index (κ1) is 13.9. The van der Waals surface area contributed by atoms with Crippen LogP contribution in [0.5, 0.6) is 5.75 Å². The maximum atomic E-state index is 11.7. The second-order valence-electron chi connectivity index (χ2n) is 5.20. The molecular weight excluding hydrogens is 240 g/mol. The minimum Gasteiger partial charge on any atom is -0.484 e. The van der Waals surface area contributed by atoms with Crippen molar-refractivity contribution in [3.05, 3.63) is 29.8 Å². The molecule has 19 heavy (non-hydrogen) atoms. The smallest absolute Gasteiger partial charge is 0.258 e. The van der Waals surface area contributed by atoms with Gasteiger partial charge in [0.25, 0.3) is 5.91 Å². The zero-order chi connectivity index (χ0) is 13.7. The van der Waals surface area contributed by atoms with Crippen molar-refractivity contribution in [1.82, 2.24) is 5.32 Å². The molecule has 1 aliphatic carbocycles. The lowest BCUT2D eigenvalue weighted by Gasteiger charge is -2.13. The van der Waals surface area contributed by atoms with Gasteiger partial charge in [-0.2, -0.15) is 0 Å². The van der Waals surface area contributed by atoms with E-state index in [-0.39, 0.29) is 18.6 Å². The number of carbonyl (C=O) groups is 1. The van der Waals surface area contributed by atoms with Gasteiger partial charge in [0.1, 0.15) is 5.75 Å². The normalized spacial score (nSPS) is 17.2. The van der Waals surface area contributed by atoms with Gasteiger partial charge in [-0.3, -0.25) is 4.79 Å². The fraction of sp³-hybridized carbons (Fsp3) is 0.533. The summed E-state index contributed by atoms with van der Waals surface area (Å²) in [4.78, 5) is 11.7. The Hall–Kier alpha value is -1.55. The van der Waals surface area contributed by atoms with Crippen LogP contribution in [0.15, 0.2) is 24.3 Å². The first-order chi connectivity index (χ1) is 9.15. The SMILES string of the molecule is C[C@@H](N)c1cccc(OCC(=O)NC2CCCC2)c1. The van der Waals surface area contributed by atoms with Crippen molar-refractivity contribution in [1.29, 1.82) is 0 Å². The second kappa shape index (κ2) is 6.57. The number of hydrogen-bond acceptors (Lipinski definition) is 3. The highest BCUT2D eigenvalue weighted by Gasteiger charge is 2.17. The predicted molar refractivity (Wildman–Crippen MR) is 74.9 cm³/mol. The summed E-state index contributed by atoms with van der Waals surface area (Å²) >= 11 is 0. The molecule has 0 bridgehead atoms. The minimum atomic E-state index is -0.0434. The molecule has 1 amide bonds. The fourth-order valence-corrected chi connectivity index (χ4v) is 2.38. The van der Waals surface area contributed by atoms with Gasteiger partial charge in [-0.1, -0.05) is 25.0 Å². The third kappa shape index (κ3) is 4.24. The molecule has 1 aromatic rings. The van der Waals surface area contributed by atoms with Crippen molar-refractivity contribution < 1.29 is 9.53 Å². The molecule has 4 heteroatoms. The number of amides is 1. The molecule has 0 spiro atoms. The first-order valence-corrected chi connectivity index (χ1v) is 6.93. The van der Waals surface area contributed by atoms with Crippen LogP contribution in [0.1, 0.15) is 44.2 Å². The maximum Gasteiger partial charge on any atom is 0.258 e. The number of ether oxygens (including phenoxy) is 1. The van der Waals surface area contributed by atoms with E-state index in [2.05, 4.69) is 5.32 Å². The van der Waals surface area contributed by atoms with Crippen LogP contribution in [0, 0.1) is 0 Å². The fourth-order valence-electron chi connectivity index (χ4n) is 2.38. The molecule has 104 valence electrons. The van der Waals surface area contributed by atoms with Gasteiger partial charge in [0.05, 0.1) is 0 Å². The number of nitrogens with two attached hydrogens (primary N) is 1. The van der Waals surface area contributed by atoms with Crippen LogP contribution < -0.4 is 15.8 Å². The molecule has 0 heterocycles. The van der Waals surface area contributed by atoms with Crippen LogP contribution in [-0.4, -0.2) is 18.6 Å². The lowest BCUT2D eigenvalue weighted by Crippen LogP contribution is -2.36. The van der Waals surface area contributed by atoms with Crippen molar-refractivity contribution in [2.45, 2.75) is 44.7 Å². The van der Waals surface area contributed by atoms with Crippen LogP contribution in [0.25, 0.3) is 0 Å². The van der Waals surface area contributed by atoms with Crippen LogP contribution in [-0.2, 0) is 4.79 Å². The van der Waals surface area contributed by atoms with Crippen LogP contribution in [0.4, 0.5) is 0 Å². The van der Waals surface area contributed by atoms with E-state index >= 15 is 0 Å². The number of hydrogen-bond donors (Lipinski definition) is 2. The summed E-state index contributed by atoms with van der Waals surface area (Å²) in [6.07, 6.45) is 4.60. The van der Waals surface area contributed by atoms with Gasteiger partial charge in [0, 0.05) is 12.1 Å². The highest BCUT2D eigenvalue weighted by atomic mass is 16.5. The molecule has 2 rings (SSSR count). The van der Waals surface area contributed by atoms with Gasteiger partial charge >= 0.3 is 0 Å². The first-order valence-electron chi connectivity index (χ1n) is 6.93. The Labute approximate surface area is 114 Å². The quantitative estimate of drug-likeness (QED) is 0.854. The summed E-state index contributed by atoms with van der Waals surface area (Å²) < 4.78 is 5.50. The molecule has 1 aromatic carbocycles. The summed E-state index contributed by atoms with van der Waals surface area (Å²) in [6, 6.07) is 7.88. The van der Waals surface area contributed by atoms with E-state index in [1.165, 1.54) is 12.8 Å². The number of rotatable bonds is 5. The van der Waals surface area contributed by atoms with Crippen LogP contribution in [0.2, 0.25) is 0 Å². The van der Waals surface area contributed by atoms with Crippen molar-refractivity contribution in [3.8, 4) is 5.75 Å². The van der Waals surface area contributed by atoms with Crippen LogP contribution in [0.3, 0.4) is 0 Å². The molecule has 1 saturated carbocycles. The molecule has 0 aliphatic heterocycles. The summed E-state index contributed by atoms with van der Waals surface area (Å²) in [5.74, 6) is 0.648.